The van der Waals surface area contributed by atoms with Crippen molar-refractivity contribution in [3.05, 3.63) is 20.4 Å². The van der Waals surface area contributed by atoms with Gasteiger partial charge in [-0.1, -0.05) is 6.42 Å². The molecule has 0 radical (unpaired) electrons. The molecule has 0 aromatic heterocycles. The van der Waals surface area contributed by atoms with E-state index in [1.807, 2.05) is 11.8 Å². The summed E-state index contributed by atoms with van der Waals surface area (Å²) in [6.07, 6.45) is 0.900. The Hall–Kier alpha value is -1.95. The van der Waals surface area contributed by atoms with Crippen LogP contribution in [0, 0.1) is 5.92 Å². The molecule has 0 saturated carbocycles. The van der Waals surface area contributed by atoms with Crippen molar-refractivity contribution < 1.29 is 19.9 Å². The molecule has 0 spiro atoms. The van der Waals surface area contributed by atoms with E-state index in [0.717, 1.165) is 13.1 Å². The maximum Gasteiger partial charge on any atom is 0.451 e. The van der Waals surface area contributed by atoms with Crippen molar-refractivity contribution in [1.82, 2.24) is 5.32 Å². The molecule has 0 unspecified atom stereocenters. The van der Waals surface area contributed by atoms with Gasteiger partial charge >= 0.3 is 13.1 Å². The van der Waals surface area contributed by atoms with E-state index in [2.05, 4.69) is 5.32 Å². The maximum atomic E-state index is 12.4. The number of rotatable bonds is 9. The predicted molar refractivity (Wildman–Crippen MR) is 106 cm³/mol. The fraction of sp³-hybridized carbons (Fsp3) is 0.706. The van der Waals surface area contributed by atoms with Crippen LogP contribution in [0.5, 0.6) is 0 Å². The number of aliphatic carboxylic acids is 1. The second kappa shape index (κ2) is 7.82. The van der Waals surface area contributed by atoms with Crippen molar-refractivity contribution >= 4 is 24.5 Å². The molecule has 0 amide bonds. The minimum atomic E-state index is -1.56. The Morgan fingerprint density at radius 2 is 2.04 bits per heavy atom. The summed E-state index contributed by atoms with van der Waals surface area (Å²) >= 11 is 0. The first-order valence-electron chi connectivity index (χ1n) is 9.64. The van der Waals surface area contributed by atoms with Gasteiger partial charge in [0.25, 0.3) is 10.9 Å². The van der Waals surface area contributed by atoms with Crippen LogP contribution in [0.4, 0.5) is 11.4 Å². The van der Waals surface area contributed by atoms with E-state index < -0.39 is 35.4 Å². The first-order valence-corrected chi connectivity index (χ1v) is 9.64. The van der Waals surface area contributed by atoms with Gasteiger partial charge in [0.2, 0.25) is 0 Å². The second-order valence-corrected chi connectivity index (χ2v) is 7.79. The van der Waals surface area contributed by atoms with Gasteiger partial charge < -0.3 is 36.0 Å². The lowest BCUT2D eigenvalue weighted by Gasteiger charge is -2.41. The highest BCUT2D eigenvalue weighted by Gasteiger charge is 2.51. The van der Waals surface area contributed by atoms with Gasteiger partial charge in [0.1, 0.15) is 16.9 Å². The predicted octanol–water partition coefficient (Wildman–Crippen LogP) is -2.45. The van der Waals surface area contributed by atoms with Gasteiger partial charge in [0.15, 0.2) is 0 Å². The molecule has 2 atom stereocenters. The number of nitrogens with zero attached hydrogens (tertiary/aromatic N) is 2. The first kappa shape index (κ1) is 20.8. The van der Waals surface area contributed by atoms with Crippen LogP contribution in [-0.4, -0.2) is 72.5 Å². The monoisotopic (exact) mass is 394 g/mol. The van der Waals surface area contributed by atoms with Gasteiger partial charge in [-0.15, -0.1) is 0 Å². The van der Waals surface area contributed by atoms with Crippen LogP contribution >= 0.6 is 0 Å². The molecule has 0 bridgehead atoms. The van der Waals surface area contributed by atoms with Gasteiger partial charge in [-0.25, -0.2) is 0 Å². The lowest BCUT2D eigenvalue weighted by molar-refractivity contribution is -0.144. The van der Waals surface area contributed by atoms with Crippen LogP contribution in [0.25, 0.3) is 0 Å². The lowest BCUT2D eigenvalue weighted by atomic mass is 9.78. The first-order chi connectivity index (χ1) is 13.2. The van der Waals surface area contributed by atoms with Crippen LogP contribution in [0.15, 0.2) is 9.59 Å². The Labute approximate surface area is 162 Å². The number of anilines is 2. The highest BCUT2D eigenvalue weighted by atomic mass is 16.4. The Bertz CT molecular complexity index is 806. The third-order valence-corrected chi connectivity index (χ3v) is 6.04. The Morgan fingerprint density at radius 1 is 1.36 bits per heavy atom. The van der Waals surface area contributed by atoms with Crippen molar-refractivity contribution in [2.75, 3.05) is 42.5 Å². The van der Waals surface area contributed by atoms with E-state index in [-0.39, 0.29) is 31.1 Å². The minimum Gasteiger partial charge on any atom is -0.480 e. The summed E-state index contributed by atoms with van der Waals surface area (Å²) in [6, 6.07) is 0.138. The summed E-state index contributed by atoms with van der Waals surface area (Å²) in [5.74, 6) is -1.64. The molecular weight excluding hydrogens is 367 g/mol. The molecule has 154 valence electrons. The molecule has 1 aromatic rings. The van der Waals surface area contributed by atoms with Crippen molar-refractivity contribution in [3.8, 4) is 0 Å². The average molecular weight is 394 g/mol. The SMILES string of the molecule is CCN(c1c(N2C[C@H](CCCB(O)O)[C@](N)(C(=O)O)C2)c(=O)c1=O)C1CNC1. The summed E-state index contributed by atoms with van der Waals surface area (Å²) in [4.78, 5) is 40.0. The number of hydrogen-bond donors (Lipinski definition) is 5. The molecule has 2 heterocycles. The van der Waals surface area contributed by atoms with Crippen LogP contribution in [0.1, 0.15) is 19.8 Å². The van der Waals surface area contributed by atoms with Gasteiger partial charge in [0.05, 0.1) is 6.04 Å². The van der Waals surface area contributed by atoms with E-state index in [0.29, 0.717) is 25.1 Å². The number of nitrogens with one attached hydrogen (secondary N) is 1. The smallest absolute Gasteiger partial charge is 0.451 e. The van der Waals surface area contributed by atoms with Crippen molar-refractivity contribution in [2.24, 2.45) is 11.7 Å². The molecule has 3 rings (SSSR count). The number of likely N-dealkylation sites (N-methyl/N-ethyl adjacent to an activating group) is 1. The summed E-state index contributed by atoms with van der Waals surface area (Å²) in [6.45, 7) is 4.12. The molecule has 11 heteroatoms. The second-order valence-electron chi connectivity index (χ2n) is 7.79. The zero-order chi connectivity index (χ0) is 20.6. The molecule has 6 N–H and O–H groups in total. The number of carbonyl (C=O) groups is 1. The molecular formula is C17H27BN4O6. The number of carboxylic acids is 1. The third kappa shape index (κ3) is 3.43. The van der Waals surface area contributed by atoms with E-state index in [9.17, 15) is 19.5 Å². The molecule has 2 fully saturated rings. The van der Waals surface area contributed by atoms with Crippen LogP contribution < -0.4 is 31.7 Å². The molecule has 2 aliphatic heterocycles. The molecule has 2 saturated heterocycles. The molecule has 0 aliphatic carbocycles. The Morgan fingerprint density at radius 3 is 2.54 bits per heavy atom. The van der Waals surface area contributed by atoms with Crippen LogP contribution in [0.3, 0.4) is 0 Å². The van der Waals surface area contributed by atoms with E-state index in [4.69, 9.17) is 15.8 Å². The van der Waals surface area contributed by atoms with Crippen molar-refractivity contribution in [1.29, 1.82) is 0 Å². The third-order valence-electron chi connectivity index (χ3n) is 6.04. The van der Waals surface area contributed by atoms with Crippen molar-refractivity contribution in [3.63, 3.8) is 0 Å². The van der Waals surface area contributed by atoms with Gasteiger partial charge in [-0.2, -0.15) is 0 Å². The zero-order valence-corrected chi connectivity index (χ0v) is 15.9. The summed E-state index contributed by atoms with van der Waals surface area (Å²) in [5.41, 5.74) is 4.12. The van der Waals surface area contributed by atoms with Gasteiger partial charge in [0, 0.05) is 38.6 Å². The van der Waals surface area contributed by atoms with E-state index >= 15 is 0 Å². The summed E-state index contributed by atoms with van der Waals surface area (Å²) in [7, 11) is -1.45. The van der Waals surface area contributed by atoms with E-state index in [1.165, 1.54) is 0 Å². The molecule has 28 heavy (non-hydrogen) atoms. The number of carboxylic acid groups (broad SMARTS) is 1. The Kier molecular flexibility index (Phi) is 5.80. The normalized spacial score (nSPS) is 25.1. The highest BCUT2D eigenvalue weighted by Crippen LogP contribution is 2.36. The minimum absolute atomic E-state index is 0.0625. The van der Waals surface area contributed by atoms with Crippen LogP contribution in [0.2, 0.25) is 6.32 Å². The summed E-state index contributed by atoms with van der Waals surface area (Å²) < 4.78 is 0. The standard InChI is InChI=1S/C17H27BN4O6/c1-2-22(11-6-20-7-11)13-12(14(23)15(13)24)21-8-10(4-3-5-18(27)28)17(19,9-21)16(25)26/h10-11,20,27-28H,2-9,19H2,1H3,(H,25,26)/t10-,17-/m0/s1. The van der Waals surface area contributed by atoms with Gasteiger partial charge in [-0.05, 0) is 19.7 Å². The highest BCUT2D eigenvalue weighted by molar-refractivity contribution is 6.40. The van der Waals surface area contributed by atoms with Crippen molar-refractivity contribution in [2.45, 2.75) is 37.7 Å². The molecule has 10 nitrogen and oxygen atoms in total. The quantitative estimate of drug-likeness (QED) is 0.225. The fourth-order valence-corrected chi connectivity index (χ4v) is 4.27. The topological polar surface area (TPSA) is 156 Å². The lowest BCUT2D eigenvalue weighted by Crippen LogP contribution is -2.60. The summed E-state index contributed by atoms with van der Waals surface area (Å²) in [5, 5.41) is 30.9. The number of hydrogen-bond acceptors (Lipinski definition) is 9. The van der Waals surface area contributed by atoms with Gasteiger partial charge in [-0.3, -0.25) is 14.4 Å². The fourth-order valence-electron chi connectivity index (χ4n) is 4.27. The number of nitrogens with two attached hydrogens (primary N) is 1. The molecule has 1 aromatic carbocycles. The largest absolute Gasteiger partial charge is 0.480 e. The molecule has 2 aliphatic rings. The van der Waals surface area contributed by atoms with E-state index in [1.54, 1.807) is 4.90 Å². The zero-order valence-electron chi connectivity index (χ0n) is 15.9. The maximum absolute atomic E-state index is 12.4. The average Bonchev–Trinajstić information content (AvgIpc) is 2.92. The Balaban J connectivity index is 1.84. The van der Waals surface area contributed by atoms with Crippen LogP contribution in [-0.2, 0) is 4.79 Å².